The Bertz CT molecular complexity index is 770. The summed E-state index contributed by atoms with van der Waals surface area (Å²) in [6.07, 6.45) is -3.70. The fourth-order valence-corrected chi connectivity index (χ4v) is 2.40. The largest absolute Gasteiger partial charge is 0.573 e. The van der Waals surface area contributed by atoms with Crippen molar-refractivity contribution in [3.05, 3.63) is 30.0 Å². The highest BCUT2D eigenvalue weighted by atomic mass is 19.4. The zero-order valence-electron chi connectivity index (χ0n) is 13.3. The maximum Gasteiger partial charge on any atom is 0.573 e. The predicted molar refractivity (Wildman–Crippen MR) is 83.3 cm³/mol. The standard InChI is InChI=1S/C16H17F3N2O4/c1-2-3-10(15(23)24)8-20-14(22)13-6-9-4-5-11(7-12(9)21-13)25-16(17,18)19/h4-7,10,21H,2-3,8H2,1H3,(H,20,22)(H,23,24). The van der Waals surface area contributed by atoms with Crippen LogP contribution in [0.3, 0.4) is 0 Å². The lowest BCUT2D eigenvalue weighted by Crippen LogP contribution is -2.33. The molecular formula is C16H17F3N2O4. The summed E-state index contributed by atoms with van der Waals surface area (Å²) in [5.41, 5.74) is 0.426. The van der Waals surface area contributed by atoms with Gasteiger partial charge >= 0.3 is 12.3 Å². The van der Waals surface area contributed by atoms with E-state index in [9.17, 15) is 22.8 Å². The molecule has 1 amide bonds. The van der Waals surface area contributed by atoms with Gasteiger partial charge in [0, 0.05) is 23.5 Å². The summed E-state index contributed by atoms with van der Waals surface area (Å²) < 4.78 is 40.5. The van der Waals surface area contributed by atoms with Gasteiger partial charge in [-0.1, -0.05) is 13.3 Å². The van der Waals surface area contributed by atoms with E-state index >= 15 is 0 Å². The van der Waals surface area contributed by atoms with E-state index in [0.29, 0.717) is 23.7 Å². The number of carboxylic acid groups (broad SMARTS) is 1. The molecule has 136 valence electrons. The molecule has 0 aliphatic heterocycles. The first kappa shape index (κ1) is 18.6. The number of rotatable bonds is 7. The molecule has 1 atom stereocenters. The molecule has 2 aromatic rings. The number of fused-ring (bicyclic) bond motifs is 1. The van der Waals surface area contributed by atoms with E-state index < -0.39 is 29.9 Å². The summed E-state index contributed by atoms with van der Waals surface area (Å²) in [5, 5.41) is 12.1. The minimum Gasteiger partial charge on any atom is -0.481 e. The number of hydrogen-bond donors (Lipinski definition) is 3. The molecule has 0 saturated heterocycles. The van der Waals surface area contributed by atoms with Crippen molar-refractivity contribution < 1.29 is 32.6 Å². The number of carbonyl (C=O) groups is 2. The molecule has 0 aliphatic rings. The number of carbonyl (C=O) groups excluding carboxylic acids is 1. The second-order valence-corrected chi connectivity index (χ2v) is 5.51. The Balaban J connectivity index is 2.10. The van der Waals surface area contributed by atoms with Crippen molar-refractivity contribution in [2.75, 3.05) is 6.54 Å². The minimum absolute atomic E-state index is 0.0280. The maximum absolute atomic E-state index is 12.2. The number of alkyl halides is 3. The number of aromatic nitrogens is 1. The van der Waals surface area contributed by atoms with Crippen molar-refractivity contribution in [3.8, 4) is 5.75 Å². The highest BCUT2D eigenvalue weighted by Gasteiger charge is 2.31. The molecule has 1 aromatic heterocycles. The van der Waals surface area contributed by atoms with Crippen LogP contribution in [-0.2, 0) is 4.79 Å². The maximum atomic E-state index is 12.2. The molecule has 6 nitrogen and oxygen atoms in total. The SMILES string of the molecule is CCCC(CNC(=O)c1cc2ccc(OC(F)(F)F)cc2[nH]1)C(=O)O. The number of aromatic amines is 1. The van der Waals surface area contributed by atoms with Gasteiger partial charge in [-0.2, -0.15) is 0 Å². The zero-order valence-corrected chi connectivity index (χ0v) is 13.3. The fraction of sp³-hybridized carbons (Fsp3) is 0.375. The number of hydrogen-bond acceptors (Lipinski definition) is 3. The first-order valence-electron chi connectivity index (χ1n) is 7.59. The average molecular weight is 358 g/mol. The smallest absolute Gasteiger partial charge is 0.481 e. The Hall–Kier alpha value is -2.71. The monoisotopic (exact) mass is 358 g/mol. The van der Waals surface area contributed by atoms with E-state index in [-0.39, 0.29) is 12.2 Å². The fourth-order valence-electron chi connectivity index (χ4n) is 2.40. The molecule has 9 heteroatoms. The number of aliphatic carboxylic acids is 1. The van der Waals surface area contributed by atoms with Crippen LogP contribution in [0, 0.1) is 5.92 Å². The van der Waals surface area contributed by atoms with Crippen molar-refractivity contribution in [2.24, 2.45) is 5.92 Å². The summed E-state index contributed by atoms with van der Waals surface area (Å²) in [6, 6.07) is 5.14. The first-order chi connectivity index (χ1) is 11.7. The topological polar surface area (TPSA) is 91.4 Å². The number of carboxylic acids is 1. The van der Waals surface area contributed by atoms with Crippen LogP contribution in [0.25, 0.3) is 10.9 Å². The van der Waals surface area contributed by atoms with Crippen LogP contribution in [0.5, 0.6) is 5.75 Å². The number of amides is 1. The van der Waals surface area contributed by atoms with Gasteiger partial charge in [0.1, 0.15) is 11.4 Å². The molecule has 0 spiro atoms. The van der Waals surface area contributed by atoms with E-state index in [1.165, 1.54) is 12.1 Å². The van der Waals surface area contributed by atoms with E-state index in [1.54, 1.807) is 0 Å². The molecular weight excluding hydrogens is 341 g/mol. The van der Waals surface area contributed by atoms with Gasteiger partial charge in [0.25, 0.3) is 5.91 Å². The molecule has 0 saturated carbocycles. The molecule has 1 unspecified atom stereocenters. The van der Waals surface area contributed by atoms with E-state index in [1.807, 2.05) is 6.92 Å². The van der Waals surface area contributed by atoms with Crippen LogP contribution < -0.4 is 10.1 Å². The summed E-state index contributed by atoms with van der Waals surface area (Å²) >= 11 is 0. The normalized spacial score (nSPS) is 12.8. The van der Waals surface area contributed by atoms with Gasteiger partial charge in [-0.25, -0.2) is 0 Å². The molecule has 2 rings (SSSR count). The van der Waals surface area contributed by atoms with Crippen LogP contribution >= 0.6 is 0 Å². The number of nitrogens with one attached hydrogen (secondary N) is 2. The molecule has 0 bridgehead atoms. The lowest BCUT2D eigenvalue weighted by molar-refractivity contribution is -0.274. The third-order valence-electron chi connectivity index (χ3n) is 3.57. The van der Waals surface area contributed by atoms with E-state index in [2.05, 4.69) is 15.0 Å². The van der Waals surface area contributed by atoms with E-state index in [0.717, 1.165) is 12.1 Å². The van der Waals surface area contributed by atoms with Crippen LogP contribution in [-0.4, -0.2) is 34.9 Å². The van der Waals surface area contributed by atoms with Gasteiger partial charge in [0.05, 0.1) is 5.92 Å². The second kappa shape index (κ2) is 7.45. The Morgan fingerprint density at radius 2 is 2.04 bits per heavy atom. The molecule has 1 aromatic carbocycles. The highest BCUT2D eigenvalue weighted by Crippen LogP contribution is 2.26. The van der Waals surface area contributed by atoms with Crippen molar-refractivity contribution in [1.82, 2.24) is 10.3 Å². The summed E-state index contributed by atoms with van der Waals surface area (Å²) in [6.45, 7) is 1.82. The zero-order chi connectivity index (χ0) is 18.6. The van der Waals surface area contributed by atoms with Crippen LogP contribution in [0.2, 0.25) is 0 Å². The first-order valence-corrected chi connectivity index (χ1v) is 7.59. The number of H-pyrrole nitrogens is 1. The van der Waals surface area contributed by atoms with Crippen molar-refractivity contribution in [1.29, 1.82) is 0 Å². The quantitative estimate of drug-likeness (QED) is 0.708. The highest BCUT2D eigenvalue weighted by molar-refractivity contribution is 5.98. The van der Waals surface area contributed by atoms with E-state index in [4.69, 9.17) is 5.11 Å². The van der Waals surface area contributed by atoms with Gasteiger partial charge in [-0.15, -0.1) is 13.2 Å². The second-order valence-electron chi connectivity index (χ2n) is 5.51. The molecule has 0 radical (unpaired) electrons. The van der Waals surface area contributed by atoms with Crippen molar-refractivity contribution in [2.45, 2.75) is 26.1 Å². The van der Waals surface area contributed by atoms with Crippen LogP contribution in [0.4, 0.5) is 13.2 Å². The minimum atomic E-state index is -4.80. The van der Waals surface area contributed by atoms with Gasteiger partial charge in [-0.05, 0) is 24.6 Å². The van der Waals surface area contributed by atoms with Gasteiger partial charge < -0.3 is 20.1 Å². The molecule has 0 fully saturated rings. The Kier molecular flexibility index (Phi) is 5.55. The Labute approximate surface area is 141 Å². The molecule has 0 aliphatic carbocycles. The number of benzene rings is 1. The molecule has 3 N–H and O–H groups in total. The summed E-state index contributed by atoms with van der Waals surface area (Å²) in [4.78, 5) is 25.9. The Morgan fingerprint density at radius 1 is 1.32 bits per heavy atom. The number of halogens is 3. The molecule has 25 heavy (non-hydrogen) atoms. The lowest BCUT2D eigenvalue weighted by Gasteiger charge is -2.11. The average Bonchev–Trinajstić information content (AvgIpc) is 2.92. The van der Waals surface area contributed by atoms with Gasteiger partial charge in [0.2, 0.25) is 0 Å². The number of ether oxygens (including phenoxy) is 1. The van der Waals surface area contributed by atoms with Crippen LogP contribution in [0.1, 0.15) is 30.3 Å². The van der Waals surface area contributed by atoms with Crippen LogP contribution in [0.15, 0.2) is 24.3 Å². The van der Waals surface area contributed by atoms with Crippen molar-refractivity contribution >= 4 is 22.8 Å². The third-order valence-corrected chi connectivity index (χ3v) is 3.57. The van der Waals surface area contributed by atoms with Gasteiger partial charge in [-0.3, -0.25) is 9.59 Å². The lowest BCUT2D eigenvalue weighted by atomic mass is 10.0. The van der Waals surface area contributed by atoms with Gasteiger partial charge in [0.15, 0.2) is 0 Å². The third kappa shape index (κ3) is 5.13. The van der Waals surface area contributed by atoms with Crippen molar-refractivity contribution in [3.63, 3.8) is 0 Å². The molecule has 1 heterocycles. The predicted octanol–water partition coefficient (Wildman–Crippen LogP) is 3.30. The Morgan fingerprint density at radius 3 is 2.64 bits per heavy atom. The summed E-state index contributed by atoms with van der Waals surface area (Å²) in [5.74, 6) is -2.61. The summed E-state index contributed by atoms with van der Waals surface area (Å²) in [7, 11) is 0.